The van der Waals surface area contributed by atoms with Gasteiger partial charge in [0.05, 0.1) is 10.9 Å². The first kappa shape index (κ1) is 18.6. The zero-order valence-corrected chi connectivity index (χ0v) is 15.5. The Morgan fingerprint density at radius 1 is 1.23 bits per heavy atom. The summed E-state index contributed by atoms with van der Waals surface area (Å²) in [7, 11) is -3.71. The molecule has 4 N–H and O–H groups in total. The van der Waals surface area contributed by atoms with Crippen molar-refractivity contribution in [3.05, 3.63) is 53.6 Å². The van der Waals surface area contributed by atoms with Crippen molar-refractivity contribution >= 4 is 15.9 Å². The molecule has 138 valence electrons. The fourth-order valence-corrected chi connectivity index (χ4v) is 4.15. The lowest BCUT2D eigenvalue weighted by molar-refractivity contribution is -0.122. The minimum atomic E-state index is -3.71. The summed E-state index contributed by atoms with van der Waals surface area (Å²) in [5.74, 6) is -0.270. The number of hydrogen-bond acceptors (Lipinski definition) is 4. The Morgan fingerprint density at radius 3 is 2.65 bits per heavy atom. The lowest BCUT2D eigenvalue weighted by atomic mass is 9.99. The number of benzene rings is 2. The molecule has 0 saturated carbocycles. The molecule has 3 rings (SSSR count). The maximum atomic E-state index is 11.6. The minimum Gasteiger partial charge on any atom is -0.368 e. The van der Waals surface area contributed by atoms with Crippen LogP contribution in [0.5, 0.6) is 0 Å². The number of primary sulfonamides is 1. The number of aryl methyl sites for hydroxylation is 1. The molecule has 2 aromatic rings. The summed E-state index contributed by atoms with van der Waals surface area (Å²) in [4.78, 5) is 13.8. The summed E-state index contributed by atoms with van der Waals surface area (Å²) >= 11 is 0. The molecule has 1 heterocycles. The van der Waals surface area contributed by atoms with Crippen molar-refractivity contribution in [2.75, 3.05) is 6.54 Å². The van der Waals surface area contributed by atoms with Crippen LogP contribution in [0.25, 0.3) is 11.1 Å². The van der Waals surface area contributed by atoms with E-state index in [9.17, 15) is 13.2 Å². The number of likely N-dealkylation sites (tertiary alicyclic amines) is 1. The van der Waals surface area contributed by atoms with Crippen LogP contribution in [0.3, 0.4) is 0 Å². The molecule has 1 atom stereocenters. The SMILES string of the molecule is Cc1cc(S(N)(=O)=O)ccc1-c1cccc(CN2CCCC2C(N)=O)c1. The standard InChI is InChI=1S/C19H23N3O3S/c1-13-10-16(26(21,24)25)7-8-17(13)15-5-2-4-14(11-15)12-22-9-3-6-18(22)19(20)23/h2,4-5,7-8,10-11,18H,3,6,9,12H2,1H3,(H2,20,23)(H2,21,24,25). The predicted octanol–water partition coefficient (Wildman–Crippen LogP) is 1.76. The molecule has 1 aliphatic heterocycles. The van der Waals surface area contributed by atoms with Gasteiger partial charge >= 0.3 is 0 Å². The van der Waals surface area contributed by atoms with Gasteiger partial charge in [0.2, 0.25) is 15.9 Å². The van der Waals surface area contributed by atoms with Crippen LogP contribution in [0.2, 0.25) is 0 Å². The highest BCUT2D eigenvalue weighted by Crippen LogP contribution is 2.27. The summed E-state index contributed by atoms with van der Waals surface area (Å²) in [5.41, 5.74) is 9.37. The smallest absolute Gasteiger partial charge is 0.238 e. The highest BCUT2D eigenvalue weighted by molar-refractivity contribution is 7.89. The number of primary amides is 1. The Balaban J connectivity index is 1.87. The van der Waals surface area contributed by atoms with E-state index in [1.54, 1.807) is 12.1 Å². The van der Waals surface area contributed by atoms with Crippen molar-refractivity contribution in [1.82, 2.24) is 4.90 Å². The average molecular weight is 373 g/mol. The Bertz CT molecular complexity index is 941. The second-order valence-corrected chi connectivity index (χ2v) is 8.31. The molecule has 1 saturated heterocycles. The third-order valence-electron chi connectivity index (χ3n) is 4.84. The third-order valence-corrected chi connectivity index (χ3v) is 5.75. The lowest BCUT2D eigenvalue weighted by Gasteiger charge is -2.22. The van der Waals surface area contributed by atoms with Crippen molar-refractivity contribution < 1.29 is 13.2 Å². The van der Waals surface area contributed by atoms with Crippen LogP contribution in [0, 0.1) is 6.92 Å². The Morgan fingerprint density at radius 2 is 2.00 bits per heavy atom. The van der Waals surface area contributed by atoms with Gasteiger partial charge < -0.3 is 5.73 Å². The van der Waals surface area contributed by atoms with E-state index < -0.39 is 10.0 Å². The Hall–Kier alpha value is -2.22. The second kappa shape index (κ2) is 7.19. The fraction of sp³-hybridized carbons (Fsp3) is 0.316. The minimum absolute atomic E-state index is 0.108. The van der Waals surface area contributed by atoms with Gasteiger partial charge in [-0.3, -0.25) is 9.69 Å². The first-order valence-corrected chi connectivity index (χ1v) is 10.1. The van der Waals surface area contributed by atoms with Crippen LogP contribution in [0.15, 0.2) is 47.4 Å². The van der Waals surface area contributed by atoms with E-state index in [2.05, 4.69) is 11.0 Å². The number of carbonyl (C=O) groups is 1. The maximum absolute atomic E-state index is 11.6. The van der Waals surface area contributed by atoms with E-state index in [4.69, 9.17) is 10.9 Å². The largest absolute Gasteiger partial charge is 0.368 e. The molecule has 0 radical (unpaired) electrons. The molecule has 7 heteroatoms. The number of nitrogens with zero attached hydrogens (tertiary/aromatic N) is 1. The summed E-state index contributed by atoms with van der Waals surface area (Å²) in [5, 5.41) is 5.20. The third kappa shape index (κ3) is 3.95. The van der Waals surface area contributed by atoms with Crippen LogP contribution in [-0.2, 0) is 21.4 Å². The van der Waals surface area contributed by atoms with Gasteiger partial charge in [-0.2, -0.15) is 0 Å². The van der Waals surface area contributed by atoms with Crippen LogP contribution < -0.4 is 10.9 Å². The summed E-state index contributed by atoms with van der Waals surface area (Å²) < 4.78 is 23.0. The van der Waals surface area contributed by atoms with Gasteiger partial charge in [-0.1, -0.05) is 24.3 Å². The summed E-state index contributed by atoms with van der Waals surface area (Å²) in [6, 6.07) is 12.7. The van der Waals surface area contributed by atoms with Crippen LogP contribution >= 0.6 is 0 Å². The molecule has 6 nitrogen and oxygen atoms in total. The predicted molar refractivity (Wildman–Crippen MR) is 101 cm³/mol. The zero-order chi connectivity index (χ0) is 18.9. The first-order chi connectivity index (χ1) is 12.3. The Kier molecular flexibility index (Phi) is 5.13. The lowest BCUT2D eigenvalue weighted by Crippen LogP contribution is -2.39. The molecule has 0 bridgehead atoms. The topological polar surface area (TPSA) is 106 Å². The van der Waals surface area contributed by atoms with Gasteiger partial charge in [-0.15, -0.1) is 0 Å². The monoisotopic (exact) mass is 373 g/mol. The highest BCUT2D eigenvalue weighted by atomic mass is 32.2. The normalized spacial score (nSPS) is 18.2. The van der Waals surface area contributed by atoms with Crippen molar-refractivity contribution in [3.8, 4) is 11.1 Å². The fourth-order valence-electron chi connectivity index (χ4n) is 3.55. The number of carbonyl (C=O) groups excluding carboxylic acids is 1. The van der Waals surface area contributed by atoms with E-state index in [0.717, 1.165) is 41.6 Å². The van der Waals surface area contributed by atoms with Gasteiger partial charge in [0.1, 0.15) is 0 Å². The van der Waals surface area contributed by atoms with Gasteiger partial charge in [0, 0.05) is 6.54 Å². The van der Waals surface area contributed by atoms with Crippen molar-refractivity contribution in [2.45, 2.75) is 37.2 Å². The van der Waals surface area contributed by atoms with Crippen LogP contribution in [0.1, 0.15) is 24.0 Å². The first-order valence-electron chi connectivity index (χ1n) is 8.52. The summed E-state index contributed by atoms with van der Waals surface area (Å²) in [6.45, 7) is 3.38. The molecule has 0 spiro atoms. The van der Waals surface area contributed by atoms with Gasteiger partial charge in [0.15, 0.2) is 0 Å². The van der Waals surface area contributed by atoms with Crippen LogP contribution in [-0.4, -0.2) is 31.8 Å². The number of amides is 1. The summed E-state index contributed by atoms with van der Waals surface area (Å²) in [6.07, 6.45) is 1.78. The average Bonchev–Trinajstić information content (AvgIpc) is 3.02. The zero-order valence-electron chi connectivity index (χ0n) is 14.7. The molecule has 2 aromatic carbocycles. The molecule has 1 amide bonds. The number of hydrogen-bond donors (Lipinski definition) is 2. The molecule has 1 fully saturated rings. The maximum Gasteiger partial charge on any atom is 0.238 e. The van der Waals surface area contributed by atoms with Crippen molar-refractivity contribution in [3.63, 3.8) is 0 Å². The second-order valence-electron chi connectivity index (χ2n) is 6.75. The molecule has 1 aliphatic rings. The quantitative estimate of drug-likeness (QED) is 0.833. The number of rotatable bonds is 5. The molecule has 26 heavy (non-hydrogen) atoms. The van der Waals surface area contributed by atoms with E-state index >= 15 is 0 Å². The number of sulfonamides is 1. The van der Waals surface area contributed by atoms with Crippen molar-refractivity contribution in [2.24, 2.45) is 10.9 Å². The van der Waals surface area contributed by atoms with E-state index in [-0.39, 0.29) is 16.8 Å². The molecule has 1 unspecified atom stereocenters. The molecular weight excluding hydrogens is 350 g/mol. The van der Waals surface area contributed by atoms with Gasteiger partial charge in [-0.05, 0) is 66.8 Å². The molecular formula is C19H23N3O3S. The van der Waals surface area contributed by atoms with E-state index in [1.807, 2.05) is 25.1 Å². The highest BCUT2D eigenvalue weighted by Gasteiger charge is 2.28. The molecule has 0 aromatic heterocycles. The van der Waals surface area contributed by atoms with Gasteiger partial charge in [0.25, 0.3) is 0 Å². The molecule has 0 aliphatic carbocycles. The van der Waals surface area contributed by atoms with Crippen molar-refractivity contribution in [1.29, 1.82) is 0 Å². The van der Waals surface area contributed by atoms with Gasteiger partial charge in [-0.25, -0.2) is 13.6 Å². The number of nitrogens with two attached hydrogens (primary N) is 2. The Labute approximate surface area is 153 Å². The van der Waals surface area contributed by atoms with Crippen LogP contribution in [0.4, 0.5) is 0 Å². The van der Waals surface area contributed by atoms with E-state index in [1.165, 1.54) is 6.07 Å². The van der Waals surface area contributed by atoms with E-state index in [0.29, 0.717) is 6.54 Å².